The molecule has 20 heavy (non-hydrogen) atoms. The molecule has 2 aromatic heterocycles. The maximum absolute atomic E-state index is 13.6. The second kappa shape index (κ2) is 5.67. The van der Waals surface area contributed by atoms with Gasteiger partial charge in [0.25, 0.3) is 0 Å². The summed E-state index contributed by atoms with van der Waals surface area (Å²) in [5, 5.41) is 3.82. The Morgan fingerprint density at radius 1 is 0.700 bits per heavy atom. The number of hydrogen-bond acceptors (Lipinski definition) is 2. The van der Waals surface area contributed by atoms with E-state index in [4.69, 9.17) is 0 Å². The van der Waals surface area contributed by atoms with Crippen molar-refractivity contribution in [1.29, 1.82) is 0 Å². The van der Waals surface area contributed by atoms with Gasteiger partial charge in [-0.1, -0.05) is 0 Å². The van der Waals surface area contributed by atoms with Gasteiger partial charge in [-0.3, -0.25) is 0 Å². The van der Waals surface area contributed by atoms with Crippen molar-refractivity contribution in [3.8, 4) is 22.3 Å². The minimum atomic E-state index is -0.840. The average molecular weight is 436 g/mol. The molecule has 0 spiro atoms. The van der Waals surface area contributed by atoms with Crippen LogP contribution in [-0.2, 0) is 0 Å². The van der Waals surface area contributed by atoms with E-state index in [2.05, 4.69) is 31.9 Å². The first-order valence-electron chi connectivity index (χ1n) is 5.53. The summed E-state index contributed by atoms with van der Waals surface area (Å²) in [5.41, 5.74) is 3.08. The first-order valence-corrected chi connectivity index (χ1v) is 8.88. The molecule has 6 heteroatoms. The molecule has 0 aliphatic carbocycles. The third kappa shape index (κ3) is 2.50. The van der Waals surface area contributed by atoms with Gasteiger partial charge < -0.3 is 0 Å². The van der Waals surface area contributed by atoms with Crippen LogP contribution in [0.5, 0.6) is 0 Å². The summed E-state index contributed by atoms with van der Waals surface area (Å²) in [6.45, 7) is 0. The Kier molecular flexibility index (Phi) is 4.08. The van der Waals surface area contributed by atoms with Crippen LogP contribution in [0, 0.1) is 11.6 Å². The van der Waals surface area contributed by atoms with Gasteiger partial charge in [0, 0.05) is 11.1 Å². The van der Waals surface area contributed by atoms with Gasteiger partial charge in [-0.2, -0.15) is 0 Å². The summed E-state index contributed by atoms with van der Waals surface area (Å²) in [6.07, 6.45) is 0. The minimum Gasteiger partial charge on any atom is -0.204 e. The zero-order chi connectivity index (χ0) is 14.3. The second-order valence-corrected chi connectivity index (χ2v) is 8.50. The molecule has 0 aliphatic rings. The van der Waals surface area contributed by atoms with Gasteiger partial charge in [-0.05, 0) is 78.0 Å². The third-order valence-corrected chi connectivity index (χ3v) is 6.25. The summed E-state index contributed by atoms with van der Waals surface area (Å²) in [6, 6.07) is 6.29. The van der Waals surface area contributed by atoms with Crippen molar-refractivity contribution in [1.82, 2.24) is 0 Å². The Bertz CT molecular complexity index is 712. The lowest BCUT2D eigenvalue weighted by Gasteiger charge is -2.10. The van der Waals surface area contributed by atoms with Crippen LogP contribution in [0.3, 0.4) is 0 Å². The van der Waals surface area contributed by atoms with Crippen molar-refractivity contribution in [2.75, 3.05) is 0 Å². The fraction of sp³-hybridized carbons (Fsp3) is 0. The summed E-state index contributed by atoms with van der Waals surface area (Å²) >= 11 is 9.93. The van der Waals surface area contributed by atoms with Gasteiger partial charge in [0.15, 0.2) is 11.6 Å². The van der Waals surface area contributed by atoms with Crippen molar-refractivity contribution in [3.05, 3.63) is 54.2 Å². The van der Waals surface area contributed by atoms with E-state index in [-0.39, 0.29) is 0 Å². The molecule has 0 saturated carbocycles. The van der Waals surface area contributed by atoms with Crippen LogP contribution in [0.4, 0.5) is 8.78 Å². The Labute approximate surface area is 139 Å². The molecule has 0 radical (unpaired) electrons. The van der Waals surface area contributed by atoms with E-state index in [1.807, 2.05) is 22.9 Å². The van der Waals surface area contributed by atoms with Gasteiger partial charge in [0.2, 0.25) is 0 Å². The molecule has 0 aliphatic heterocycles. The van der Waals surface area contributed by atoms with Crippen molar-refractivity contribution in [2.45, 2.75) is 0 Å². The molecule has 0 atom stereocenters. The molecule has 0 unspecified atom stereocenters. The number of halogens is 4. The largest absolute Gasteiger partial charge is 0.204 e. The fourth-order valence-corrected chi connectivity index (χ4v) is 4.56. The van der Waals surface area contributed by atoms with Gasteiger partial charge in [0.1, 0.15) is 0 Å². The first-order chi connectivity index (χ1) is 9.58. The molecule has 102 valence electrons. The summed E-state index contributed by atoms with van der Waals surface area (Å²) < 4.78 is 29.1. The molecule has 0 bridgehead atoms. The van der Waals surface area contributed by atoms with E-state index < -0.39 is 11.6 Å². The molecular weight excluding hydrogens is 430 g/mol. The van der Waals surface area contributed by atoms with Gasteiger partial charge >= 0.3 is 0 Å². The van der Waals surface area contributed by atoms with Crippen LogP contribution < -0.4 is 0 Å². The molecule has 0 nitrogen and oxygen atoms in total. The molecular formula is C14H6Br2F2S2. The van der Waals surface area contributed by atoms with E-state index in [9.17, 15) is 8.78 Å². The molecule has 0 amide bonds. The van der Waals surface area contributed by atoms with Crippen molar-refractivity contribution < 1.29 is 8.78 Å². The Hall–Kier alpha value is -0.560. The average Bonchev–Trinajstić information content (AvgIpc) is 3.01. The van der Waals surface area contributed by atoms with Gasteiger partial charge in [-0.25, -0.2) is 8.78 Å². The van der Waals surface area contributed by atoms with Crippen LogP contribution in [-0.4, -0.2) is 0 Å². The van der Waals surface area contributed by atoms with Crippen LogP contribution >= 0.6 is 54.5 Å². The lowest BCUT2D eigenvalue weighted by Crippen LogP contribution is -1.90. The predicted octanol–water partition coefficient (Wildman–Crippen LogP) is 6.95. The Morgan fingerprint density at radius 3 is 1.40 bits per heavy atom. The minimum absolute atomic E-state index is 0.677. The molecule has 0 fully saturated rings. The SMILES string of the molecule is Fc1cc(-c2ccsc2Br)c(-c2ccsc2Br)cc1F. The highest BCUT2D eigenvalue weighted by atomic mass is 79.9. The van der Waals surface area contributed by atoms with E-state index in [0.717, 1.165) is 18.7 Å². The summed E-state index contributed by atoms with van der Waals surface area (Å²) in [4.78, 5) is 0. The highest BCUT2D eigenvalue weighted by molar-refractivity contribution is 9.11. The Morgan fingerprint density at radius 2 is 1.10 bits per heavy atom. The van der Waals surface area contributed by atoms with Crippen LogP contribution in [0.25, 0.3) is 22.3 Å². The van der Waals surface area contributed by atoms with Crippen LogP contribution in [0.1, 0.15) is 0 Å². The lowest BCUT2D eigenvalue weighted by molar-refractivity contribution is 0.509. The highest BCUT2D eigenvalue weighted by Gasteiger charge is 2.17. The van der Waals surface area contributed by atoms with E-state index in [1.54, 1.807) is 0 Å². The van der Waals surface area contributed by atoms with Crippen LogP contribution in [0.2, 0.25) is 0 Å². The molecule has 1 aromatic carbocycles. The van der Waals surface area contributed by atoms with Gasteiger partial charge in [-0.15, -0.1) is 22.7 Å². The third-order valence-electron chi connectivity index (χ3n) is 2.88. The monoisotopic (exact) mass is 434 g/mol. The number of rotatable bonds is 2. The topological polar surface area (TPSA) is 0 Å². The fourth-order valence-electron chi connectivity index (χ4n) is 1.97. The zero-order valence-electron chi connectivity index (χ0n) is 9.79. The molecule has 3 aromatic rings. The van der Waals surface area contributed by atoms with E-state index in [0.29, 0.717) is 11.1 Å². The molecule has 0 saturated heterocycles. The van der Waals surface area contributed by atoms with Crippen molar-refractivity contribution >= 4 is 54.5 Å². The number of thiophene rings is 2. The number of hydrogen-bond donors (Lipinski definition) is 0. The summed E-state index contributed by atoms with van der Waals surface area (Å²) in [7, 11) is 0. The van der Waals surface area contributed by atoms with E-state index >= 15 is 0 Å². The van der Waals surface area contributed by atoms with Crippen molar-refractivity contribution in [2.24, 2.45) is 0 Å². The number of benzene rings is 1. The van der Waals surface area contributed by atoms with E-state index in [1.165, 1.54) is 34.8 Å². The standard InChI is InChI=1S/C14H6Br2F2S2/c15-13-7(1-3-19-13)9-5-11(17)12(18)6-10(9)8-2-4-20-14(8)16/h1-6H. The highest BCUT2D eigenvalue weighted by Crippen LogP contribution is 2.43. The maximum atomic E-state index is 13.6. The van der Waals surface area contributed by atoms with Gasteiger partial charge in [0.05, 0.1) is 7.57 Å². The summed E-state index contributed by atoms with van der Waals surface area (Å²) in [5.74, 6) is -1.68. The first kappa shape index (κ1) is 14.4. The van der Waals surface area contributed by atoms with Crippen molar-refractivity contribution in [3.63, 3.8) is 0 Å². The predicted molar refractivity (Wildman–Crippen MR) is 88.4 cm³/mol. The second-order valence-electron chi connectivity index (χ2n) is 4.03. The zero-order valence-corrected chi connectivity index (χ0v) is 14.6. The smallest absolute Gasteiger partial charge is 0.159 e. The Balaban J connectivity index is 2.31. The molecule has 3 rings (SSSR count). The molecule has 0 N–H and O–H groups in total. The molecule has 2 heterocycles. The van der Waals surface area contributed by atoms with Crippen LogP contribution in [0.15, 0.2) is 42.6 Å². The lowest BCUT2D eigenvalue weighted by atomic mass is 9.97. The quantitative estimate of drug-likeness (QED) is 0.408. The normalized spacial score (nSPS) is 11.0. The maximum Gasteiger partial charge on any atom is 0.159 e.